The van der Waals surface area contributed by atoms with Gasteiger partial charge in [-0.1, -0.05) is 19.9 Å². The summed E-state index contributed by atoms with van der Waals surface area (Å²) in [5.74, 6) is 1.62. The monoisotopic (exact) mass is 377 g/mol. The molecule has 4 heteroatoms. The maximum Gasteiger partial charge on any atom is 0.147 e. The second kappa shape index (κ2) is 8.94. The second-order valence-electron chi connectivity index (χ2n) is 4.70. The van der Waals surface area contributed by atoms with Gasteiger partial charge in [0, 0.05) is 0 Å². The zero-order valence-corrected chi connectivity index (χ0v) is 14.2. The molecular weight excluding hydrogens is 358 g/mol. The van der Waals surface area contributed by atoms with Crippen molar-refractivity contribution in [2.45, 2.75) is 26.7 Å². The zero-order valence-electron chi connectivity index (χ0n) is 11.0. The van der Waals surface area contributed by atoms with E-state index in [1.165, 1.54) is 0 Å². The fraction of sp³-hybridized carbons (Fsp3) is 0.571. The molecule has 0 saturated heterocycles. The van der Waals surface area contributed by atoms with Gasteiger partial charge in [-0.15, -0.1) is 0 Å². The van der Waals surface area contributed by atoms with E-state index in [2.05, 4.69) is 51.0 Å². The van der Waals surface area contributed by atoms with Gasteiger partial charge in [-0.25, -0.2) is 0 Å². The van der Waals surface area contributed by atoms with Crippen LogP contribution in [0.5, 0.6) is 5.75 Å². The number of benzene rings is 1. The zero-order chi connectivity index (χ0) is 13.4. The molecule has 0 unspecified atom stereocenters. The number of halogens is 2. The molecular formula is C14H21Br2NO. The van der Waals surface area contributed by atoms with E-state index in [-0.39, 0.29) is 0 Å². The molecule has 1 aromatic carbocycles. The quantitative estimate of drug-likeness (QED) is 0.666. The van der Waals surface area contributed by atoms with Crippen LogP contribution in [0.25, 0.3) is 0 Å². The van der Waals surface area contributed by atoms with E-state index in [0.717, 1.165) is 53.2 Å². The minimum absolute atomic E-state index is 0.720. The van der Waals surface area contributed by atoms with E-state index >= 15 is 0 Å². The van der Waals surface area contributed by atoms with Crippen LogP contribution in [0.3, 0.4) is 0 Å². The molecule has 0 amide bonds. The molecule has 102 valence electrons. The van der Waals surface area contributed by atoms with E-state index in [9.17, 15) is 0 Å². The summed E-state index contributed by atoms with van der Waals surface area (Å²) < 4.78 is 7.76. The SMILES string of the molecule is CC(C)CNCCCCOc1c(Br)cccc1Br. The van der Waals surface area contributed by atoms with E-state index < -0.39 is 0 Å². The summed E-state index contributed by atoms with van der Waals surface area (Å²) in [7, 11) is 0. The van der Waals surface area contributed by atoms with Gasteiger partial charge in [-0.05, 0) is 75.8 Å². The lowest BCUT2D eigenvalue weighted by Crippen LogP contribution is -2.21. The van der Waals surface area contributed by atoms with Crippen LogP contribution < -0.4 is 10.1 Å². The highest BCUT2D eigenvalue weighted by molar-refractivity contribution is 9.11. The smallest absolute Gasteiger partial charge is 0.147 e. The summed E-state index contributed by atoms with van der Waals surface area (Å²) in [4.78, 5) is 0. The van der Waals surface area contributed by atoms with Crippen molar-refractivity contribution < 1.29 is 4.74 Å². The van der Waals surface area contributed by atoms with Gasteiger partial charge in [0.1, 0.15) is 5.75 Å². The molecule has 0 aromatic heterocycles. The predicted octanol–water partition coefficient (Wildman–Crippen LogP) is 4.62. The fourth-order valence-electron chi connectivity index (χ4n) is 1.54. The van der Waals surface area contributed by atoms with Crippen LogP contribution in [0.2, 0.25) is 0 Å². The lowest BCUT2D eigenvalue weighted by atomic mass is 10.2. The second-order valence-corrected chi connectivity index (χ2v) is 6.41. The lowest BCUT2D eigenvalue weighted by molar-refractivity contribution is 0.302. The summed E-state index contributed by atoms with van der Waals surface area (Å²) in [5, 5.41) is 3.43. The van der Waals surface area contributed by atoms with Crippen LogP contribution in [0.1, 0.15) is 26.7 Å². The molecule has 0 heterocycles. The Balaban J connectivity index is 2.14. The fourth-order valence-corrected chi connectivity index (χ4v) is 2.76. The summed E-state index contributed by atoms with van der Waals surface area (Å²) in [6.45, 7) is 7.36. The molecule has 0 saturated carbocycles. The highest BCUT2D eigenvalue weighted by Gasteiger charge is 2.04. The largest absolute Gasteiger partial charge is 0.491 e. The van der Waals surface area contributed by atoms with Crippen molar-refractivity contribution in [1.29, 1.82) is 0 Å². The first-order chi connectivity index (χ1) is 8.61. The van der Waals surface area contributed by atoms with Gasteiger partial charge in [-0.2, -0.15) is 0 Å². The highest BCUT2D eigenvalue weighted by Crippen LogP contribution is 2.32. The Bertz CT molecular complexity index is 335. The third-order valence-electron chi connectivity index (χ3n) is 2.47. The van der Waals surface area contributed by atoms with Crippen molar-refractivity contribution in [2.75, 3.05) is 19.7 Å². The normalized spacial score (nSPS) is 10.9. The van der Waals surface area contributed by atoms with Crippen LogP contribution in [0, 0.1) is 5.92 Å². The Hall–Kier alpha value is -0.0600. The molecule has 0 atom stereocenters. The average Bonchev–Trinajstić information content (AvgIpc) is 2.30. The number of hydrogen-bond acceptors (Lipinski definition) is 2. The molecule has 1 rings (SSSR count). The first kappa shape index (κ1) is 16.0. The number of unbranched alkanes of at least 4 members (excludes halogenated alkanes) is 1. The Morgan fingerprint density at radius 2 is 1.83 bits per heavy atom. The van der Waals surface area contributed by atoms with Crippen molar-refractivity contribution in [3.05, 3.63) is 27.1 Å². The van der Waals surface area contributed by atoms with Crippen LogP contribution in [0.15, 0.2) is 27.1 Å². The van der Waals surface area contributed by atoms with Crippen LogP contribution in [0.4, 0.5) is 0 Å². The number of rotatable bonds is 8. The van der Waals surface area contributed by atoms with Crippen LogP contribution in [-0.4, -0.2) is 19.7 Å². The molecule has 0 radical (unpaired) electrons. The number of hydrogen-bond donors (Lipinski definition) is 1. The van der Waals surface area contributed by atoms with Gasteiger partial charge in [0.25, 0.3) is 0 Å². The van der Waals surface area contributed by atoms with Gasteiger partial charge in [0.15, 0.2) is 0 Å². The number of para-hydroxylation sites is 1. The first-order valence-corrected chi connectivity index (χ1v) is 7.97. The van der Waals surface area contributed by atoms with Gasteiger partial charge >= 0.3 is 0 Å². The molecule has 0 spiro atoms. The van der Waals surface area contributed by atoms with Crippen molar-refractivity contribution in [1.82, 2.24) is 5.32 Å². The molecule has 2 nitrogen and oxygen atoms in total. The minimum atomic E-state index is 0.720. The third kappa shape index (κ3) is 6.21. The lowest BCUT2D eigenvalue weighted by Gasteiger charge is -2.10. The van der Waals surface area contributed by atoms with E-state index in [0.29, 0.717) is 0 Å². The predicted molar refractivity (Wildman–Crippen MR) is 84.3 cm³/mol. The molecule has 0 fully saturated rings. The molecule has 0 aliphatic rings. The van der Waals surface area contributed by atoms with Gasteiger partial charge in [-0.3, -0.25) is 0 Å². The summed E-state index contributed by atoms with van der Waals surface area (Å²) in [6, 6.07) is 5.96. The summed E-state index contributed by atoms with van der Waals surface area (Å²) in [6.07, 6.45) is 2.22. The molecule has 0 bridgehead atoms. The van der Waals surface area contributed by atoms with Crippen molar-refractivity contribution in [3.63, 3.8) is 0 Å². The van der Waals surface area contributed by atoms with Crippen molar-refractivity contribution in [2.24, 2.45) is 5.92 Å². The van der Waals surface area contributed by atoms with Crippen molar-refractivity contribution in [3.8, 4) is 5.75 Å². The average molecular weight is 379 g/mol. The Labute approximate surface area is 127 Å². The molecule has 0 aliphatic carbocycles. The standard InChI is InChI=1S/C14H21Br2NO/c1-11(2)10-17-8-3-4-9-18-14-12(15)6-5-7-13(14)16/h5-7,11,17H,3-4,8-10H2,1-2H3. The third-order valence-corrected chi connectivity index (χ3v) is 3.71. The number of ether oxygens (including phenoxy) is 1. The van der Waals surface area contributed by atoms with Gasteiger partial charge in [0.2, 0.25) is 0 Å². The van der Waals surface area contributed by atoms with E-state index in [1.54, 1.807) is 0 Å². The Morgan fingerprint density at radius 3 is 2.44 bits per heavy atom. The Kier molecular flexibility index (Phi) is 7.95. The molecule has 1 N–H and O–H groups in total. The van der Waals surface area contributed by atoms with Crippen LogP contribution in [-0.2, 0) is 0 Å². The number of nitrogens with one attached hydrogen (secondary N) is 1. The van der Waals surface area contributed by atoms with Crippen molar-refractivity contribution >= 4 is 31.9 Å². The minimum Gasteiger partial charge on any atom is -0.491 e. The maximum absolute atomic E-state index is 5.77. The summed E-state index contributed by atoms with van der Waals surface area (Å²) >= 11 is 6.98. The summed E-state index contributed by atoms with van der Waals surface area (Å²) in [5.41, 5.74) is 0. The van der Waals surface area contributed by atoms with Gasteiger partial charge < -0.3 is 10.1 Å². The Morgan fingerprint density at radius 1 is 1.17 bits per heavy atom. The highest BCUT2D eigenvalue weighted by atomic mass is 79.9. The molecule has 18 heavy (non-hydrogen) atoms. The van der Waals surface area contributed by atoms with E-state index in [4.69, 9.17) is 4.74 Å². The van der Waals surface area contributed by atoms with Crippen LogP contribution >= 0.6 is 31.9 Å². The maximum atomic E-state index is 5.77. The molecule has 0 aliphatic heterocycles. The first-order valence-electron chi connectivity index (χ1n) is 6.38. The van der Waals surface area contributed by atoms with E-state index in [1.807, 2.05) is 18.2 Å². The topological polar surface area (TPSA) is 21.3 Å². The van der Waals surface area contributed by atoms with Gasteiger partial charge in [0.05, 0.1) is 15.6 Å². The molecule has 1 aromatic rings.